The van der Waals surface area contributed by atoms with E-state index in [4.69, 9.17) is 9.47 Å². The van der Waals surface area contributed by atoms with Gasteiger partial charge >= 0.3 is 0 Å². The molecule has 0 aliphatic rings. The van der Waals surface area contributed by atoms with Crippen LogP contribution in [0.1, 0.15) is 17.0 Å². The number of pyridine rings is 1. The number of carbonyl (C=O) groups is 1. The largest absolute Gasteiger partial charge is 0.493 e. The van der Waals surface area contributed by atoms with Gasteiger partial charge in [-0.05, 0) is 43.7 Å². The number of rotatable bonds is 6. The van der Waals surface area contributed by atoms with Crippen molar-refractivity contribution in [1.29, 1.82) is 0 Å². The maximum absolute atomic E-state index is 11.8. The van der Waals surface area contributed by atoms with Crippen molar-refractivity contribution in [3.8, 4) is 11.5 Å². The number of hydrogen-bond acceptors (Lipinski definition) is 4. The summed E-state index contributed by atoms with van der Waals surface area (Å²) in [5.74, 6) is 0.969. The van der Waals surface area contributed by atoms with Crippen LogP contribution in [0.3, 0.4) is 0 Å². The van der Waals surface area contributed by atoms with Crippen LogP contribution in [-0.4, -0.2) is 24.6 Å². The van der Waals surface area contributed by atoms with E-state index in [9.17, 15) is 4.79 Å². The van der Waals surface area contributed by atoms with Gasteiger partial charge in [0.1, 0.15) is 0 Å². The van der Waals surface area contributed by atoms with E-state index in [1.54, 1.807) is 13.2 Å². The standard InChI is InChI=1S/C17H20N2O3/c1-12-7-8-15(16(9-12)21-3)22-11-17(20)18-10-14-6-4-5-13(2)19-14/h4-9H,10-11H2,1-3H3,(H,18,20). The highest BCUT2D eigenvalue weighted by Gasteiger charge is 2.08. The Morgan fingerprint density at radius 1 is 1.18 bits per heavy atom. The molecule has 0 atom stereocenters. The van der Waals surface area contributed by atoms with E-state index >= 15 is 0 Å². The molecule has 0 saturated carbocycles. The van der Waals surface area contributed by atoms with Gasteiger partial charge in [-0.2, -0.15) is 0 Å². The maximum Gasteiger partial charge on any atom is 0.258 e. The predicted molar refractivity (Wildman–Crippen MR) is 84.0 cm³/mol. The molecule has 0 spiro atoms. The molecular weight excluding hydrogens is 280 g/mol. The third kappa shape index (κ3) is 4.48. The molecule has 1 heterocycles. The summed E-state index contributed by atoms with van der Waals surface area (Å²) in [5.41, 5.74) is 2.81. The van der Waals surface area contributed by atoms with E-state index in [2.05, 4.69) is 10.3 Å². The van der Waals surface area contributed by atoms with Gasteiger partial charge in [-0.1, -0.05) is 12.1 Å². The third-order valence-corrected chi connectivity index (χ3v) is 3.09. The Morgan fingerprint density at radius 3 is 2.73 bits per heavy atom. The summed E-state index contributed by atoms with van der Waals surface area (Å²) in [5, 5.41) is 2.78. The molecule has 0 aliphatic carbocycles. The van der Waals surface area contributed by atoms with Gasteiger partial charge in [-0.3, -0.25) is 9.78 Å². The zero-order valence-electron chi connectivity index (χ0n) is 13.1. The molecule has 1 amide bonds. The summed E-state index contributed by atoms with van der Waals surface area (Å²) in [6.45, 7) is 4.20. The Balaban J connectivity index is 1.85. The number of hydrogen-bond donors (Lipinski definition) is 1. The Bertz CT molecular complexity index is 656. The topological polar surface area (TPSA) is 60.5 Å². The molecule has 0 saturated heterocycles. The molecule has 116 valence electrons. The number of ether oxygens (including phenoxy) is 2. The number of methoxy groups -OCH3 is 1. The molecule has 1 aromatic heterocycles. The smallest absolute Gasteiger partial charge is 0.258 e. The van der Waals surface area contributed by atoms with Crippen LogP contribution in [0.25, 0.3) is 0 Å². The highest BCUT2D eigenvalue weighted by Crippen LogP contribution is 2.27. The fourth-order valence-electron chi connectivity index (χ4n) is 1.98. The van der Waals surface area contributed by atoms with E-state index in [1.807, 2.05) is 44.2 Å². The Hall–Kier alpha value is -2.56. The molecule has 2 rings (SSSR count). The number of aromatic nitrogens is 1. The first-order chi connectivity index (χ1) is 10.6. The van der Waals surface area contributed by atoms with Gasteiger partial charge in [0.2, 0.25) is 0 Å². The summed E-state index contributed by atoms with van der Waals surface area (Å²) < 4.78 is 10.7. The summed E-state index contributed by atoms with van der Waals surface area (Å²) in [7, 11) is 1.57. The van der Waals surface area contributed by atoms with Crippen LogP contribution in [0.2, 0.25) is 0 Å². The average molecular weight is 300 g/mol. The number of nitrogens with zero attached hydrogens (tertiary/aromatic N) is 1. The van der Waals surface area contributed by atoms with Crippen LogP contribution in [-0.2, 0) is 11.3 Å². The van der Waals surface area contributed by atoms with Crippen molar-refractivity contribution >= 4 is 5.91 Å². The van der Waals surface area contributed by atoms with Crippen molar-refractivity contribution < 1.29 is 14.3 Å². The van der Waals surface area contributed by atoms with Crippen LogP contribution in [0.4, 0.5) is 0 Å². The minimum absolute atomic E-state index is 0.0642. The Morgan fingerprint density at radius 2 is 2.00 bits per heavy atom. The SMILES string of the molecule is COc1cc(C)ccc1OCC(=O)NCc1cccc(C)n1. The minimum atomic E-state index is -0.203. The monoisotopic (exact) mass is 300 g/mol. The number of carbonyl (C=O) groups excluding carboxylic acids is 1. The van der Waals surface area contributed by atoms with Crippen molar-refractivity contribution in [2.24, 2.45) is 0 Å². The van der Waals surface area contributed by atoms with Crippen molar-refractivity contribution in [2.45, 2.75) is 20.4 Å². The highest BCUT2D eigenvalue weighted by molar-refractivity contribution is 5.77. The summed E-state index contributed by atoms with van der Waals surface area (Å²) in [4.78, 5) is 16.2. The molecule has 5 heteroatoms. The first kappa shape index (κ1) is 15.8. The lowest BCUT2D eigenvalue weighted by molar-refractivity contribution is -0.123. The molecule has 0 unspecified atom stereocenters. The molecule has 1 N–H and O–H groups in total. The molecule has 0 fully saturated rings. The maximum atomic E-state index is 11.8. The molecule has 22 heavy (non-hydrogen) atoms. The molecule has 1 aromatic carbocycles. The fourth-order valence-corrected chi connectivity index (χ4v) is 1.98. The summed E-state index contributed by atoms with van der Waals surface area (Å²) in [6, 6.07) is 11.3. The van der Waals surface area contributed by atoms with Gasteiger partial charge in [0.05, 0.1) is 19.3 Å². The van der Waals surface area contributed by atoms with Crippen LogP contribution in [0, 0.1) is 13.8 Å². The van der Waals surface area contributed by atoms with E-state index in [0.29, 0.717) is 18.0 Å². The molecule has 2 aromatic rings. The molecular formula is C17H20N2O3. The molecule has 5 nitrogen and oxygen atoms in total. The second-order valence-corrected chi connectivity index (χ2v) is 4.99. The zero-order valence-corrected chi connectivity index (χ0v) is 13.1. The van der Waals surface area contributed by atoms with Gasteiger partial charge in [0, 0.05) is 5.69 Å². The van der Waals surface area contributed by atoms with Crippen molar-refractivity contribution in [3.63, 3.8) is 0 Å². The molecule has 0 radical (unpaired) electrons. The van der Waals surface area contributed by atoms with Crippen LogP contribution < -0.4 is 14.8 Å². The van der Waals surface area contributed by atoms with Crippen LogP contribution >= 0.6 is 0 Å². The van der Waals surface area contributed by atoms with Crippen LogP contribution in [0.15, 0.2) is 36.4 Å². The molecule has 0 aliphatic heterocycles. The van der Waals surface area contributed by atoms with E-state index in [-0.39, 0.29) is 12.5 Å². The average Bonchev–Trinajstić information content (AvgIpc) is 2.51. The first-order valence-electron chi connectivity index (χ1n) is 7.05. The van der Waals surface area contributed by atoms with Crippen molar-refractivity contribution in [1.82, 2.24) is 10.3 Å². The van der Waals surface area contributed by atoms with Gasteiger partial charge in [0.25, 0.3) is 5.91 Å². The zero-order chi connectivity index (χ0) is 15.9. The normalized spacial score (nSPS) is 10.1. The van der Waals surface area contributed by atoms with Crippen molar-refractivity contribution in [2.75, 3.05) is 13.7 Å². The number of aryl methyl sites for hydroxylation is 2. The first-order valence-corrected chi connectivity index (χ1v) is 7.05. The van der Waals surface area contributed by atoms with Crippen molar-refractivity contribution in [3.05, 3.63) is 53.3 Å². The van der Waals surface area contributed by atoms with E-state index in [0.717, 1.165) is 17.0 Å². The second-order valence-electron chi connectivity index (χ2n) is 4.99. The van der Waals surface area contributed by atoms with E-state index in [1.165, 1.54) is 0 Å². The third-order valence-electron chi connectivity index (χ3n) is 3.09. The Labute approximate surface area is 130 Å². The quantitative estimate of drug-likeness (QED) is 0.890. The fraction of sp³-hybridized carbons (Fsp3) is 0.294. The molecule has 0 bridgehead atoms. The number of amides is 1. The van der Waals surface area contributed by atoms with Crippen LogP contribution in [0.5, 0.6) is 11.5 Å². The minimum Gasteiger partial charge on any atom is -0.493 e. The lowest BCUT2D eigenvalue weighted by Crippen LogP contribution is -2.28. The second kappa shape index (κ2) is 7.45. The van der Waals surface area contributed by atoms with E-state index < -0.39 is 0 Å². The van der Waals surface area contributed by atoms with Gasteiger partial charge in [-0.15, -0.1) is 0 Å². The number of benzene rings is 1. The van der Waals surface area contributed by atoms with Gasteiger partial charge < -0.3 is 14.8 Å². The van der Waals surface area contributed by atoms with Gasteiger partial charge in [-0.25, -0.2) is 0 Å². The number of nitrogens with one attached hydrogen (secondary N) is 1. The highest BCUT2D eigenvalue weighted by atomic mass is 16.5. The Kier molecular flexibility index (Phi) is 5.36. The summed E-state index contributed by atoms with van der Waals surface area (Å²) >= 11 is 0. The lowest BCUT2D eigenvalue weighted by Gasteiger charge is -2.11. The van der Waals surface area contributed by atoms with Gasteiger partial charge in [0.15, 0.2) is 18.1 Å². The summed E-state index contributed by atoms with van der Waals surface area (Å²) in [6.07, 6.45) is 0. The predicted octanol–water partition coefficient (Wildman–Crippen LogP) is 2.40. The lowest BCUT2D eigenvalue weighted by atomic mass is 10.2.